The summed E-state index contributed by atoms with van der Waals surface area (Å²) in [4.78, 5) is 35.7. The third kappa shape index (κ3) is 6.15. The van der Waals surface area contributed by atoms with Crippen molar-refractivity contribution < 1.29 is 35.9 Å². The number of alkyl halides is 6. The number of rotatable bonds is 7. The third-order valence-corrected chi connectivity index (χ3v) is 6.40. The number of aromatic amines is 1. The molecule has 10 nitrogen and oxygen atoms in total. The molecule has 3 aromatic heterocycles. The standard InChI is InChI=1S/C23H25F6N7O3/c1-21(2)13-35(4-5-36(21)20-30-9-14(10-31-20)22(24,25)26)17(37)3-7-39-8-6-34-12-15(23(27,28)29)18-16(34)11-32-33-19(18)38/h9-12H,3-8,13H2,1-2H3,(H,33,38). The fraction of sp³-hybridized carbons (Fsp3) is 0.522. The van der Waals surface area contributed by atoms with Crippen molar-refractivity contribution in [3.8, 4) is 0 Å². The van der Waals surface area contributed by atoms with Gasteiger partial charge >= 0.3 is 12.4 Å². The summed E-state index contributed by atoms with van der Waals surface area (Å²) < 4.78 is 85.2. The summed E-state index contributed by atoms with van der Waals surface area (Å²) in [6.45, 7) is 4.53. The predicted octanol–water partition coefficient (Wildman–Crippen LogP) is 3.09. The summed E-state index contributed by atoms with van der Waals surface area (Å²) >= 11 is 0. The van der Waals surface area contributed by atoms with Gasteiger partial charge in [0.2, 0.25) is 11.9 Å². The molecule has 0 radical (unpaired) electrons. The maximum absolute atomic E-state index is 13.3. The van der Waals surface area contributed by atoms with Crippen LogP contribution in [0.3, 0.4) is 0 Å². The van der Waals surface area contributed by atoms with Crippen molar-refractivity contribution in [2.75, 3.05) is 37.7 Å². The van der Waals surface area contributed by atoms with E-state index in [-0.39, 0.29) is 50.1 Å². The normalized spacial score (nSPS) is 16.2. The minimum atomic E-state index is -4.72. The quantitative estimate of drug-likeness (QED) is 0.349. The Kier molecular flexibility index (Phi) is 7.60. The van der Waals surface area contributed by atoms with Crippen LogP contribution in [0, 0.1) is 0 Å². The van der Waals surface area contributed by atoms with Crippen LogP contribution in [0.4, 0.5) is 32.3 Å². The van der Waals surface area contributed by atoms with Crippen LogP contribution >= 0.6 is 0 Å². The number of hydrogen-bond donors (Lipinski definition) is 1. The molecule has 0 aliphatic carbocycles. The maximum atomic E-state index is 13.3. The molecular weight excluding hydrogens is 536 g/mol. The van der Waals surface area contributed by atoms with Crippen molar-refractivity contribution in [1.29, 1.82) is 0 Å². The number of carbonyl (C=O) groups is 1. The first-order chi connectivity index (χ1) is 18.2. The number of halogens is 6. The molecule has 212 valence electrons. The number of carbonyl (C=O) groups excluding carboxylic acids is 1. The number of nitrogens with one attached hydrogen (secondary N) is 1. The van der Waals surface area contributed by atoms with E-state index < -0.39 is 40.0 Å². The van der Waals surface area contributed by atoms with Crippen LogP contribution in [-0.4, -0.2) is 73.9 Å². The molecule has 16 heteroatoms. The molecule has 0 saturated carbocycles. The molecule has 4 rings (SSSR count). The Hall–Kier alpha value is -3.69. The Morgan fingerprint density at radius 3 is 2.36 bits per heavy atom. The Balaban J connectivity index is 1.29. The fourth-order valence-electron chi connectivity index (χ4n) is 4.48. The second-order valence-corrected chi connectivity index (χ2v) is 9.60. The summed E-state index contributed by atoms with van der Waals surface area (Å²) in [5.41, 5.74) is -3.61. The topological polar surface area (TPSA) is 109 Å². The second-order valence-electron chi connectivity index (χ2n) is 9.60. The van der Waals surface area contributed by atoms with Crippen LogP contribution in [0.2, 0.25) is 0 Å². The molecular formula is C23H25F6N7O3. The molecule has 3 aromatic rings. The molecule has 1 saturated heterocycles. The highest BCUT2D eigenvalue weighted by Crippen LogP contribution is 2.34. The van der Waals surface area contributed by atoms with Gasteiger partial charge in [-0.05, 0) is 13.8 Å². The first-order valence-corrected chi connectivity index (χ1v) is 11.8. The molecule has 0 atom stereocenters. The first-order valence-electron chi connectivity index (χ1n) is 11.8. The van der Waals surface area contributed by atoms with Gasteiger partial charge in [-0.2, -0.15) is 31.4 Å². The molecule has 1 aliphatic rings. The lowest BCUT2D eigenvalue weighted by Crippen LogP contribution is -2.61. The summed E-state index contributed by atoms with van der Waals surface area (Å²) in [6.07, 6.45) is -5.83. The Labute approximate surface area is 217 Å². The van der Waals surface area contributed by atoms with Gasteiger partial charge in [0.15, 0.2) is 0 Å². The zero-order valence-electron chi connectivity index (χ0n) is 20.9. The number of hydrogen-bond acceptors (Lipinski definition) is 7. The van der Waals surface area contributed by atoms with Crippen molar-refractivity contribution in [3.63, 3.8) is 0 Å². The third-order valence-electron chi connectivity index (χ3n) is 6.40. The van der Waals surface area contributed by atoms with Gasteiger partial charge in [-0.25, -0.2) is 15.1 Å². The zero-order valence-corrected chi connectivity index (χ0v) is 20.9. The van der Waals surface area contributed by atoms with Crippen molar-refractivity contribution in [1.82, 2.24) is 29.6 Å². The average molecular weight is 561 g/mol. The first kappa shape index (κ1) is 28.3. The maximum Gasteiger partial charge on any atom is 0.419 e. The lowest BCUT2D eigenvalue weighted by atomic mass is 9.99. The Morgan fingerprint density at radius 1 is 1.05 bits per heavy atom. The Morgan fingerprint density at radius 2 is 1.74 bits per heavy atom. The molecule has 0 bridgehead atoms. The van der Waals surface area contributed by atoms with E-state index in [0.717, 1.165) is 24.8 Å². The monoisotopic (exact) mass is 561 g/mol. The number of H-pyrrole nitrogens is 1. The molecule has 4 heterocycles. The fourth-order valence-corrected chi connectivity index (χ4v) is 4.48. The van der Waals surface area contributed by atoms with Gasteiger partial charge in [0.05, 0.1) is 53.4 Å². The highest BCUT2D eigenvalue weighted by Gasteiger charge is 2.38. The van der Waals surface area contributed by atoms with E-state index in [4.69, 9.17) is 4.74 Å². The summed E-state index contributed by atoms with van der Waals surface area (Å²) in [5.74, 6) is -0.0793. The largest absolute Gasteiger partial charge is 0.419 e. The van der Waals surface area contributed by atoms with Crippen molar-refractivity contribution >= 4 is 22.8 Å². The van der Waals surface area contributed by atoms with Gasteiger partial charge in [-0.3, -0.25) is 9.59 Å². The molecule has 1 N–H and O–H groups in total. The summed E-state index contributed by atoms with van der Waals surface area (Å²) in [5, 5.41) is 5.06. The van der Waals surface area contributed by atoms with Gasteiger partial charge in [-0.15, -0.1) is 0 Å². The van der Waals surface area contributed by atoms with Crippen LogP contribution in [0.5, 0.6) is 0 Å². The van der Waals surface area contributed by atoms with Crippen molar-refractivity contribution in [2.24, 2.45) is 0 Å². The summed E-state index contributed by atoms with van der Waals surface area (Å²) in [6, 6.07) is 0. The van der Waals surface area contributed by atoms with Gasteiger partial charge in [0, 0.05) is 44.8 Å². The van der Waals surface area contributed by atoms with Crippen LogP contribution in [0.1, 0.15) is 31.4 Å². The molecule has 1 aliphatic heterocycles. The van der Waals surface area contributed by atoms with E-state index >= 15 is 0 Å². The van der Waals surface area contributed by atoms with Gasteiger partial charge < -0.3 is 19.1 Å². The highest BCUT2D eigenvalue weighted by atomic mass is 19.4. The zero-order chi connectivity index (χ0) is 28.6. The number of aromatic nitrogens is 5. The summed E-state index contributed by atoms with van der Waals surface area (Å²) in [7, 11) is 0. The van der Waals surface area contributed by atoms with Gasteiger partial charge in [0.1, 0.15) is 0 Å². The smallest absolute Gasteiger partial charge is 0.379 e. The molecule has 1 amide bonds. The van der Waals surface area contributed by atoms with Crippen molar-refractivity contribution in [3.05, 3.63) is 46.3 Å². The van der Waals surface area contributed by atoms with E-state index in [1.165, 1.54) is 4.57 Å². The molecule has 0 spiro atoms. The lowest BCUT2D eigenvalue weighted by Gasteiger charge is -2.47. The molecule has 1 fully saturated rings. The molecule has 0 unspecified atom stereocenters. The van der Waals surface area contributed by atoms with Gasteiger partial charge in [-0.1, -0.05) is 0 Å². The number of nitrogens with zero attached hydrogens (tertiary/aromatic N) is 6. The minimum Gasteiger partial charge on any atom is -0.379 e. The lowest BCUT2D eigenvalue weighted by molar-refractivity contribution is -0.138. The van der Waals surface area contributed by atoms with Crippen LogP contribution in [-0.2, 0) is 28.4 Å². The molecule has 39 heavy (non-hydrogen) atoms. The predicted molar refractivity (Wildman–Crippen MR) is 126 cm³/mol. The minimum absolute atomic E-state index is 0.00470. The Bertz CT molecular complexity index is 1380. The number of amides is 1. The number of piperazine rings is 1. The van der Waals surface area contributed by atoms with E-state index in [9.17, 15) is 35.9 Å². The number of fused-ring (bicyclic) bond motifs is 1. The second kappa shape index (κ2) is 10.5. The average Bonchev–Trinajstić information content (AvgIpc) is 3.23. The van der Waals surface area contributed by atoms with Crippen LogP contribution in [0.15, 0.2) is 29.6 Å². The van der Waals surface area contributed by atoms with E-state index in [1.807, 2.05) is 18.9 Å². The van der Waals surface area contributed by atoms with Crippen molar-refractivity contribution in [2.45, 2.75) is 44.7 Å². The van der Waals surface area contributed by atoms with Gasteiger partial charge in [0.25, 0.3) is 5.56 Å². The highest BCUT2D eigenvalue weighted by molar-refractivity contribution is 5.82. The SMILES string of the molecule is CC1(C)CN(C(=O)CCOCCn2cc(C(F)(F)F)c3c(=O)[nH]ncc32)CCN1c1ncc(C(F)(F)F)cn1. The van der Waals surface area contributed by atoms with Crippen LogP contribution in [0.25, 0.3) is 10.9 Å². The van der Waals surface area contributed by atoms with E-state index in [2.05, 4.69) is 15.1 Å². The van der Waals surface area contributed by atoms with Crippen LogP contribution < -0.4 is 10.5 Å². The van der Waals surface area contributed by atoms with E-state index in [1.54, 1.807) is 9.80 Å². The number of anilines is 1. The molecule has 0 aromatic carbocycles. The van der Waals surface area contributed by atoms with E-state index in [0.29, 0.717) is 13.1 Å². The number of ether oxygens (including phenoxy) is 1.